The van der Waals surface area contributed by atoms with Crippen molar-refractivity contribution in [1.29, 1.82) is 0 Å². The minimum Gasteiger partial charge on any atom is -0.469 e. The molecule has 0 bridgehead atoms. The number of benzene rings is 1. The average Bonchev–Trinajstić information content (AvgIpc) is 3.42. The van der Waals surface area contributed by atoms with Crippen LogP contribution in [0.5, 0.6) is 0 Å². The van der Waals surface area contributed by atoms with Gasteiger partial charge in [0.2, 0.25) is 5.91 Å². The van der Waals surface area contributed by atoms with Crippen LogP contribution in [0, 0.1) is 5.92 Å². The molecule has 1 aromatic heterocycles. The van der Waals surface area contributed by atoms with Crippen LogP contribution in [-0.4, -0.2) is 38.0 Å². The Bertz CT molecular complexity index is 715. The topological polar surface area (TPSA) is 78.7 Å². The molecule has 2 aromatic rings. The van der Waals surface area contributed by atoms with Crippen molar-refractivity contribution < 1.29 is 9.21 Å². The molecule has 7 heteroatoms. The van der Waals surface area contributed by atoms with E-state index in [1.165, 1.54) is 5.56 Å². The Morgan fingerprint density at radius 3 is 2.43 bits per heavy atom. The second-order valence-electron chi connectivity index (χ2n) is 6.71. The number of hydrogen-bond acceptors (Lipinski definition) is 3. The van der Waals surface area contributed by atoms with Gasteiger partial charge in [0.05, 0.1) is 6.26 Å². The zero-order chi connectivity index (χ0) is 18.7. The van der Waals surface area contributed by atoms with Gasteiger partial charge in [-0.3, -0.25) is 9.79 Å². The molecular formula is C21H29IN4O2. The molecule has 1 aliphatic carbocycles. The van der Waals surface area contributed by atoms with E-state index in [0.717, 1.165) is 43.9 Å². The number of carbonyl (C=O) groups excluding carboxylic acids is 1. The van der Waals surface area contributed by atoms with Crippen LogP contribution < -0.4 is 16.0 Å². The summed E-state index contributed by atoms with van der Waals surface area (Å²) in [5.41, 5.74) is 1.29. The van der Waals surface area contributed by atoms with Gasteiger partial charge in [-0.05, 0) is 37.0 Å². The number of aliphatic imine (C=N–C) groups is 1. The first-order valence-electron chi connectivity index (χ1n) is 9.67. The fraction of sp³-hybridized carbons (Fsp3) is 0.429. The maximum Gasteiger partial charge on any atom is 0.223 e. The first-order valence-corrected chi connectivity index (χ1v) is 9.67. The van der Waals surface area contributed by atoms with Gasteiger partial charge in [-0.25, -0.2) is 0 Å². The highest BCUT2D eigenvalue weighted by Crippen LogP contribution is 2.28. The summed E-state index contributed by atoms with van der Waals surface area (Å²) in [5.74, 6) is 2.11. The van der Waals surface area contributed by atoms with E-state index in [-0.39, 0.29) is 35.8 Å². The predicted octanol–water partition coefficient (Wildman–Crippen LogP) is 2.74. The van der Waals surface area contributed by atoms with E-state index in [2.05, 4.69) is 45.2 Å². The van der Waals surface area contributed by atoms with Gasteiger partial charge in [0.15, 0.2) is 5.96 Å². The third kappa shape index (κ3) is 8.33. The van der Waals surface area contributed by atoms with E-state index in [0.29, 0.717) is 19.6 Å². The lowest BCUT2D eigenvalue weighted by atomic mass is 10.1. The number of nitrogens with one attached hydrogen (secondary N) is 3. The van der Waals surface area contributed by atoms with Crippen molar-refractivity contribution in [3.05, 3.63) is 60.1 Å². The summed E-state index contributed by atoms with van der Waals surface area (Å²) in [6.45, 7) is 2.69. The van der Waals surface area contributed by atoms with Gasteiger partial charge in [-0.1, -0.05) is 30.3 Å². The molecule has 152 valence electrons. The average molecular weight is 496 g/mol. The minimum absolute atomic E-state index is 0. The lowest BCUT2D eigenvalue weighted by Crippen LogP contribution is -2.42. The number of halogens is 1. The summed E-state index contributed by atoms with van der Waals surface area (Å²) in [5, 5.41) is 9.62. The molecule has 3 N–H and O–H groups in total. The number of carbonyl (C=O) groups is 1. The smallest absolute Gasteiger partial charge is 0.223 e. The Labute approximate surface area is 183 Å². The van der Waals surface area contributed by atoms with E-state index < -0.39 is 0 Å². The maximum atomic E-state index is 11.7. The number of nitrogens with zero attached hydrogens (tertiary/aromatic N) is 1. The lowest BCUT2D eigenvalue weighted by Gasteiger charge is -2.13. The van der Waals surface area contributed by atoms with Crippen molar-refractivity contribution >= 4 is 35.8 Å². The highest BCUT2D eigenvalue weighted by Gasteiger charge is 2.28. The molecule has 3 rings (SSSR count). The number of rotatable bonds is 10. The summed E-state index contributed by atoms with van der Waals surface area (Å²) in [4.78, 5) is 16.3. The van der Waals surface area contributed by atoms with E-state index in [4.69, 9.17) is 4.42 Å². The van der Waals surface area contributed by atoms with E-state index >= 15 is 0 Å². The van der Waals surface area contributed by atoms with Crippen LogP contribution in [0.1, 0.15) is 24.2 Å². The summed E-state index contributed by atoms with van der Waals surface area (Å²) < 4.78 is 5.35. The Balaban J connectivity index is 0.00000280. The third-order valence-corrected chi connectivity index (χ3v) is 4.42. The molecule has 28 heavy (non-hydrogen) atoms. The van der Waals surface area contributed by atoms with Crippen molar-refractivity contribution in [3.8, 4) is 0 Å². The predicted molar refractivity (Wildman–Crippen MR) is 122 cm³/mol. The quantitative estimate of drug-likeness (QED) is 0.205. The normalized spacial score (nSPS) is 13.5. The Morgan fingerprint density at radius 2 is 1.71 bits per heavy atom. The number of hydrogen-bond donors (Lipinski definition) is 3. The molecular weight excluding hydrogens is 467 g/mol. The van der Waals surface area contributed by atoms with Crippen molar-refractivity contribution in [3.63, 3.8) is 0 Å². The highest BCUT2D eigenvalue weighted by atomic mass is 127. The van der Waals surface area contributed by atoms with E-state index in [1.807, 2.05) is 18.2 Å². The summed E-state index contributed by atoms with van der Waals surface area (Å²) in [6, 6.07) is 14.2. The van der Waals surface area contributed by atoms with Gasteiger partial charge in [0.1, 0.15) is 5.76 Å². The first-order chi connectivity index (χ1) is 13.3. The molecule has 0 saturated heterocycles. The van der Waals surface area contributed by atoms with Gasteiger partial charge in [0, 0.05) is 38.5 Å². The molecule has 0 atom stereocenters. The first kappa shape index (κ1) is 22.3. The van der Waals surface area contributed by atoms with Crippen LogP contribution in [0.2, 0.25) is 0 Å². The molecule has 1 heterocycles. The molecule has 1 aromatic carbocycles. The van der Waals surface area contributed by atoms with Gasteiger partial charge in [-0.2, -0.15) is 0 Å². The lowest BCUT2D eigenvalue weighted by molar-refractivity contribution is -0.122. The number of furan rings is 1. The van der Waals surface area contributed by atoms with Crippen LogP contribution in [-0.2, 0) is 17.6 Å². The maximum absolute atomic E-state index is 11.7. The van der Waals surface area contributed by atoms with Crippen LogP contribution in [0.25, 0.3) is 0 Å². The second-order valence-corrected chi connectivity index (χ2v) is 6.71. The van der Waals surface area contributed by atoms with Crippen LogP contribution in [0.15, 0.2) is 58.1 Å². The molecule has 1 fully saturated rings. The van der Waals surface area contributed by atoms with E-state index in [9.17, 15) is 4.79 Å². The molecule has 0 aliphatic heterocycles. The van der Waals surface area contributed by atoms with Crippen molar-refractivity contribution in [2.45, 2.75) is 25.7 Å². The van der Waals surface area contributed by atoms with E-state index in [1.54, 1.807) is 6.26 Å². The van der Waals surface area contributed by atoms with Gasteiger partial charge < -0.3 is 20.4 Å². The monoisotopic (exact) mass is 496 g/mol. The third-order valence-electron chi connectivity index (χ3n) is 4.42. The highest BCUT2D eigenvalue weighted by molar-refractivity contribution is 14.0. The fourth-order valence-corrected chi connectivity index (χ4v) is 2.73. The standard InChI is InChI=1S/C21H28N4O2.HI/c26-20(18-8-9-18)22-14-15-25-21(24-13-11-19-7-4-16-27-19)23-12-10-17-5-2-1-3-6-17;/h1-7,16,18H,8-15H2,(H,22,26)(H2,23,24,25);1H. The van der Waals surface area contributed by atoms with Gasteiger partial charge in [-0.15, -0.1) is 24.0 Å². The van der Waals surface area contributed by atoms with Gasteiger partial charge >= 0.3 is 0 Å². The Hall–Kier alpha value is -2.03. The molecule has 1 amide bonds. The molecule has 0 unspecified atom stereocenters. The zero-order valence-corrected chi connectivity index (χ0v) is 18.4. The Morgan fingerprint density at radius 1 is 0.964 bits per heavy atom. The molecule has 0 spiro atoms. The molecule has 1 aliphatic rings. The largest absolute Gasteiger partial charge is 0.469 e. The summed E-state index contributed by atoms with van der Waals surface area (Å²) in [7, 11) is 0. The Kier molecular flexibility index (Phi) is 9.88. The molecule has 0 radical (unpaired) electrons. The van der Waals surface area contributed by atoms with Crippen molar-refractivity contribution in [2.75, 3.05) is 26.2 Å². The van der Waals surface area contributed by atoms with Crippen LogP contribution in [0.3, 0.4) is 0 Å². The molecule has 6 nitrogen and oxygen atoms in total. The zero-order valence-electron chi connectivity index (χ0n) is 16.0. The SMILES string of the molecule is I.O=C(NCCNC(=NCCc1ccco1)NCCc1ccccc1)C1CC1. The van der Waals surface area contributed by atoms with Gasteiger partial charge in [0.25, 0.3) is 0 Å². The minimum atomic E-state index is 0. The fourth-order valence-electron chi connectivity index (χ4n) is 2.73. The summed E-state index contributed by atoms with van der Waals surface area (Å²) in [6.07, 6.45) is 5.42. The van der Waals surface area contributed by atoms with Crippen LogP contribution >= 0.6 is 24.0 Å². The van der Waals surface area contributed by atoms with Crippen LogP contribution in [0.4, 0.5) is 0 Å². The summed E-state index contributed by atoms with van der Waals surface area (Å²) >= 11 is 0. The van der Waals surface area contributed by atoms with Crippen molar-refractivity contribution in [2.24, 2.45) is 10.9 Å². The number of guanidine groups is 1. The van der Waals surface area contributed by atoms with Crippen molar-refractivity contribution in [1.82, 2.24) is 16.0 Å². The number of amides is 1. The second kappa shape index (κ2) is 12.4. The molecule has 1 saturated carbocycles.